The van der Waals surface area contributed by atoms with Crippen LogP contribution >= 0.6 is 0 Å². The van der Waals surface area contributed by atoms with Crippen LogP contribution in [0.5, 0.6) is 0 Å². The molecule has 6 heteroatoms. The van der Waals surface area contributed by atoms with Crippen LogP contribution in [-0.4, -0.2) is 76.5 Å². The molecule has 2 saturated heterocycles. The Morgan fingerprint density at radius 1 is 1.07 bits per heavy atom. The molecule has 5 rings (SSSR count). The molecule has 160 valence electrons. The zero-order valence-corrected chi connectivity index (χ0v) is 18.0. The largest absolute Gasteiger partial charge is 0.341 e. The average molecular weight is 408 g/mol. The Morgan fingerprint density at radius 2 is 1.93 bits per heavy atom. The molecule has 1 aliphatic carbocycles. The first-order valence-corrected chi connectivity index (χ1v) is 11.4. The quantitative estimate of drug-likeness (QED) is 0.782. The molecular formula is C24H33N5O. The lowest BCUT2D eigenvalue weighted by Crippen LogP contribution is -2.39. The number of pyridine rings is 1. The predicted molar refractivity (Wildman–Crippen MR) is 117 cm³/mol. The van der Waals surface area contributed by atoms with Gasteiger partial charge in [-0.25, -0.2) is 4.98 Å². The van der Waals surface area contributed by atoms with E-state index in [1.165, 1.54) is 5.69 Å². The molecule has 2 aromatic rings. The maximum Gasteiger partial charge on any atom is 0.226 e. The van der Waals surface area contributed by atoms with Crippen molar-refractivity contribution in [2.45, 2.75) is 32.2 Å². The first-order chi connectivity index (χ1) is 14.6. The fourth-order valence-electron chi connectivity index (χ4n) is 5.39. The Bertz CT molecular complexity index is 871. The maximum absolute atomic E-state index is 13.1. The van der Waals surface area contributed by atoms with E-state index in [0.29, 0.717) is 5.91 Å². The SMILES string of the molecule is CN1CCCN(C(=O)C2CC23CCN(Cc2cccn2-c2ccccn2)CC3)CC1. The zero-order chi connectivity index (χ0) is 20.6. The smallest absolute Gasteiger partial charge is 0.226 e. The molecule has 1 amide bonds. The van der Waals surface area contributed by atoms with E-state index >= 15 is 0 Å². The fraction of sp³-hybridized carbons (Fsp3) is 0.583. The normalized spacial score (nSPS) is 24.7. The van der Waals surface area contributed by atoms with Crippen molar-refractivity contribution in [3.05, 3.63) is 48.4 Å². The van der Waals surface area contributed by atoms with Crippen molar-refractivity contribution in [3.8, 4) is 5.82 Å². The van der Waals surface area contributed by atoms with Gasteiger partial charge >= 0.3 is 0 Å². The first-order valence-electron chi connectivity index (χ1n) is 11.4. The molecular weight excluding hydrogens is 374 g/mol. The van der Waals surface area contributed by atoms with Gasteiger partial charge in [-0.05, 0) is 82.0 Å². The van der Waals surface area contributed by atoms with Gasteiger partial charge in [0.15, 0.2) is 0 Å². The van der Waals surface area contributed by atoms with Crippen LogP contribution in [0.4, 0.5) is 0 Å². The number of rotatable bonds is 4. The summed E-state index contributed by atoms with van der Waals surface area (Å²) in [6.07, 6.45) is 8.46. The van der Waals surface area contributed by atoms with Gasteiger partial charge in [0, 0.05) is 50.2 Å². The minimum absolute atomic E-state index is 0.278. The lowest BCUT2D eigenvalue weighted by atomic mass is 9.90. The summed E-state index contributed by atoms with van der Waals surface area (Å²) >= 11 is 0. The number of hydrogen-bond donors (Lipinski definition) is 0. The zero-order valence-electron chi connectivity index (χ0n) is 18.0. The molecule has 6 nitrogen and oxygen atoms in total. The number of aromatic nitrogens is 2. The molecule has 1 atom stereocenters. The highest BCUT2D eigenvalue weighted by atomic mass is 16.2. The topological polar surface area (TPSA) is 44.6 Å². The van der Waals surface area contributed by atoms with Crippen LogP contribution in [0.25, 0.3) is 5.82 Å². The molecule has 3 aliphatic rings. The Hall–Kier alpha value is -2.18. The summed E-state index contributed by atoms with van der Waals surface area (Å²) < 4.78 is 2.18. The number of nitrogens with zero attached hydrogens (tertiary/aromatic N) is 5. The van der Waals surface area contributed by atoms with Crippen LogP contribution in [0.2, 0.25) is 0 Å². The Labute approximate surface area is 179 Å². The van der Waals surface area contributed by atoms with Gasteiger partial charge in [-0.3, -0.25) is 9.69 Å². The van der Waals surface area contributed by atoms with Gasteiger partial charge in [0.25, 0.3) is 0 Å². The summed E-state index contributed by atoms with van der Waals surface area (Å²) in [5, 5.41) is 0. The number of carbonyl (C=O) groups is 1. The van der Waals surface area contributed by atoms with E-state index in [1.54, 1.807) is 0 Å². The second kappa shape index (κ2) is 8.16. The molecule has 2 aromatic heterocycles. The van der Waals surface area contributed by atoms with Crippen LogP contribution in [0.1, 0.15) is 31.4 Å². The molecule has 0 radical (unpaired) electrons. The van der Waals surface area contributed by atoms with Crippen molar-refractivity contribution < 1.29 is 4.79 Å². The lowest BCUT2D eigenvalue weighted by Gasteiger charge is -2.33. The fourth-order valence-corrected chi connectivity index (χ4v) is 5.39. The van der Waals surface area contributed by atoms with E-state index in [0.717, 1.165) is 77.3 Å². The molecule has 3 fully saturated rings. The van der Waals surface area contributed by atoms with Crippen LogP contribution in [-0.2, 0) is 11.3 Å². The van der Waals surface area contributed by atoms with E-state index in [-0.39, 0.29) is 11.3 Å². The van der Waals surface area contributed by atoms with E-state index in [9.17, 15) is 4.79 Å². The van der Waals surface area contributed by atoms with E-state index in [4.69, 9.17) is 0 Å². The molecule has 0 aromatic carbocycles. The van der Waals surface area contributed by atoms with Gasteiger partial charge in [-0.1, -0.05) is 6.07 Å². The van der Waals surface area contributed by atoms with E-state index in [2.05, 4.69) is 55.7 Å². The van der Waals surface area contributed by atoms with Gasteiger partial charge in [0.2, 0.25) is 5.91 Å². The Morgan fingerprint density at radius 3 is 2.73 bits per heavy atom. The minimum atomic E-state index is 0.278. The predicted octanol–water partition coefficient (Wildman–Crippen LogP) is 2.64. The van der Waals surface area contributed by atoms with Crippen molar-refractivity contribution in [3.63, 3.8) is 0 Å². The van der Waals surface area contributed by atoms with Crippen molar-refractivity contribution in [2.24, 2.45) is 11.3 Å². The summed E-state index contributed by atoms with van der Waals surface area (Å²) in [7, 11) is 2.16. The molecule has 30 heavy (non-hydrogen) atoms. The van der Waals surface area contributed by atoms with Gasteiger partial charge in [-0.2, -0.15) is 0 Å². The molecule has 4 heterocycles. The highest BCUT2D eigenvalue weighted by molar-refractivity contribution is 5.82. The molecule has 1 unspecified atom stereocenters. The van der Waals surface area contributed by atoms with Gasteiger partial charge in [-0.15, -0.1) is 0 Å². The Balaban J connectivity index is 1.16. The second-order valence-electron chi connectivity index (χ2n) is 9.43. The van der Waals surface area contributed by atoms with Crippen molar-refractivity contribution in [2.75, 3.05) is 46.3 Å². The van der Waals surface area contributed by atoms with Gasteiger partial charge < -0.3 is 14.4 Å². The third-order valence-electron chi connectivity index (χ3n) is 7.49. The molecule has 0 bridgehead atoms. The maximum atomic E-state index is 13.1. The summed E-state index contributed by atoms with van der Waals surface area (Å²) in [5.41, 5.74) is 1.57. The number of hydrogen-bond acceptors (Lipinski definition) is 4. The van der Waals surface area contributed by atoms with Gasteiger partial charge in [0.1, 0.15) is 5.82 Å². The molecule has 1 saturated carbocycles. The average Bonchev–Trinajstić information content (AvgIpc) is 3.36. The van der Waals surface area contributed by atoms with Crippen molar-refractivity contribution in [1.29, 1.82) is 0 Å². The number of carbonyl (C=O) groups excluding carboxylic acids is 1. The van der Waals surface area contributed by atoms with Crippen molar-refractivity contribution >= 4 is 5.91 Å². The third-order valence-corrected chi connectivity index (χ3v) is 7.49. The standard InChI is InChI=1S/C24H33N5O/c1-26-11-5-12-28(17-16-26)23(30)21-18-24(21)8-14-27(15-9-24)19-20-6-4-13-29(20)22-7-2-3-10-25-22/h2-4,6-7,10,13,21H,5,8-9,11-12,14-19H2,1H3. The van der Waals surface area contributed by atoms with E-state index < -0.39 is 0 Å². The highest BCUT2D eigenvalue weighted by Gasteiger charge is 2.59. The second-order valence-corrected chi connectivity index (χ2v) is 9.43. The molecule has 1 spiro atoms. The third kappa shape index (κ3) is 3.91. The number of likely N-dealkylation sites (N-methyl/N-ethyl adjacent to an activating group) is 1. The lowest BCUT2D eigenvalue weighted by molar-refractivity contribution is -0.133. The van der Waals surface area contributed by atoms with Crippen LogP contribution in [0, 0.1) is 11.3 Å². The molecule has 0 N–H and O–H groups in total. The highest BCUT2D eigenvalue weighted by Crippen LogP contribution is 2.60. The number of piperidine rings is 1. The summed E-state index contributed by atoms with van der Waals surface area (Å²) in [5.74, 6) is 1.69. The minimum Gasteiger partial charge on any atom is -0.341 e. The van der Waals surface area contributed by atoms with Crippen LogP contribution < -0.4 is 0 Å². The van der Waals surface area contributed by atoms with Crippen molar-refractivity contribution in [1.82, 2.24) is 24.3 Å². The van der Waals surface area contributed by atoms with Crippen LogP contribution in [0.3, 0.4) is 0 Å². The van der Waals surface area contributed by atoms with E-state index in [1.807, 2.05) is 18.3 Å². The number of amides is 1. The first kappa shape index (κ1) is 19.8. The summed E-state index contributed by atoms with van der Waals surface area (Å²) in [6.45, 7) is 7.06. The van der Waals surface area contributed by atoms with Gasteiger partial charge in [0.05, 0.1) is 0 Å². The summed E-state index contributed by atoms with van der Waals surface area (Å²) in [4.78, 5) is 24.6. The monoisotopic (exact) mass is 407 g/mol. The Kier molecular flexibility index (Phi) is 5.37. The number of likely N-dealkylation sites (tertiary alicyclic amines) is 1. The molecule has 2 aliphatic heterocycles. The summed E-state index contributed by atoms with van der Waals surface area (Å²) in [6, 6.07) is 10.3. The van der Waals surface area contributed by atoms with Crippen LogP contribution in [0.15, 0.2) is 42.7 Å².